The van der Waals surface area contributed by atoms with Crippen molar-refractivity contribution in [3.63, 3.8) is 0 Å². The highest BCUT2D eigenvalue weighted by Crippen LogP contribution is 2.14. The minimum absolute atomic E-state index is 0.235. The van der Waals surface area contributed by atoms with E-state index in [0.29, 0.717) is 22.7 Å². The van der Waals surface area contributed by atoms with Gasteiger partial charge >= 0.3 is 5.97 Å². The summed E-state index contributed by atoms with van der Waals surface area (Å²) in [5.41, 5.74) is 7.34. The van der Waals surface area contributed by atoms with Gasteiger partial charge in [0.2, 0.25) is 0 Å². The second-order valence-electron chi connectivity index (χ2n) is 5.20. The second kappa shape index (κ2) is 8.36. The Bertz CT molecular complexity index is 716. The Morgan fingerprint density at radius 1 is 1.17 bits per heavy atom. The largest absolute Gasteiger partial charge is 0.464 e. The van der Waals surface area contributed by atoms with Gasteiger partial charge in [-0.3, -0.25) is 4.79 Å². The van der Waals surface area contributed by atoms with Crippen molar-refractivity contribution in [3.05, 3.63) is 64.7 Å². The van der Waals surface area contributed by atoms with Crippen molar-refractivity contribution in [2.45, 2.75) is 19.4 Å². The van der Waals surface area contributed by atoms with Gasteiger partial charge in [0.25, 0.3) is 5.91 Å². The summed E-state index contributed by atoms with van der Waals surface area (Å²) in [4.78, 5) is 24.6. The average Bonchev–Trinajstić information content (AvgIpc) is 2.56. The molecule has 6 heteroatoms. The number of nitrogens with two attached hydrogens (primary N) is 1. The Labute approximate surface area is 145 Å². The van der Waals surface area contributed by atoms with Gasteiger partial charge in [0.1, 0.15) is 6.04 Å². The Hall–Kier alpha value is -2.53. The fourth-order valence-corrected chi connectivity index (χ4v) is 2.36. The predicted molar refractivity (Wildman–Crippen MR) is 93.9 cm³/mol. The molecule has 0 fully saturated rings. The number of carbonyl (C=O) groups excluding carboxylic acids is 2. The van der Waals surface area contributed by atoms with Gasteiger partial charge in [-0.1, -0.05) is 35.9 Å². The summed E-state index contributed by atoms with van der Waals surface area (Å²) in [6, 6.07) is 13.0. The maximum Gasteiger partial charge on any atom is 0.328 e. The molecular formula is C18H19ClN2O3. The van der Waals surface area contributed by atoms with Crippen LogP contribution in [0.3, 0.4) is 0 Å². The van der Waals surface area contributed by atoms with E-state index in [1.807, 2.05) is 0 Å². The van der Waals surface area contributed by atoms with E-state index in [0.717, 1.165) is 5.56 Å². The summed E-state index contributed by atoms with van der Waals surface area (Å²) in [6.07, 6.45) is 0.300. The normalized spacial score (nSPS) is 11.6. The molecule has 0 spiro atoms. The summed E-state index contributed by atoms with van der Waals surface area (Å²) in [5, 5.41) is 3.30. The molecule has 0 radical (unpaired) electrons. The van der Waals surface area contributed by atoms with Crippen molar-refractivity contribution >= 4 is 29.2 Å². The molecule has 2 aromatic carbocycles. The number of hydrogen-bond acceptors (Lipinski definition) is 4. The fraction of sp³-hybridized carbons (Fsp3) is 0.222. The Balaban J connectivity index is 2.16. The molecule has 0 aliphatic rings. The number of amides is 1. The number of benzene rings is 2. The number of nitrogen functional groups attached to an aromatic ring is 1. The van der Waals surface area contributed by atoms with Crippen LogP contribution in [-0.2, 0) is 16.0 Å². The first-order chi connectivity index (χ1) is 11.5. The van der Waals surface area contributed by atoms with Gasteiger partial charge in [-0.05, 0) is 36.8 Å². The van der Waals surface area contributed by atoms with Crippen LogP contribution in [0.25, 0.3) is 0 Å². The predicted octanol–water partition coefficient (Wildman–Crippen LogP) is 2.83. The number of nitrogens with one attached hydrogen (secondary N) is 1. The number of carbonyl (C=O) groups is 2. The van der Waals surface area contributed by atoms with E-state index in [2.05, 4.69) is 5.32 Å². The highest BCUT2D eigenvalue weighted by atomic mass is 35.5. The third kappa shape index (κ3) is 4.73. The Kier molecular flexibility index (Phi) is 6.21. The smallest absolute Gasteiger partial charge is 0.328 e. The summed E-state index contributed by atoms with van der Waals surface area (Å²) < 4.78 is 5.06. The molecule has 126 valence electrons. The lowest BCUT2D eigenvalue weighted by Gasteiger charge is -2.18. The van der Waals surface area contributed by atoms with Gasteiger partial charge in [0.15, 0.2) is 0 Å². The molecule has 0 aliphatic heterocycles. The molecule has 2 aromatic rings. The first kappa shape index (κ1) is 17.8. The number of esters is 1. The van der Waals surface area contributed by atoms with E-state index in [4.69, 9.17) is 22.1 Å². The third-order valence-corrected chi connectivity index (χ3v) is 3.69. The molecule has 0 saturated carbocycles. The molecule has 0 heterocycles. The average molecular weight is 347 g/mol. The van der Waals surface area contributed by atoms with E-state index >= 15 is 0 Å². The Morgan fingerprint density at radius 3 is 2.46 bits per heavy atom. The van der Waals surface area contributed by atoms with Gasteiger partial charge in [-0.25, -0.2) is 4.79 Å². The molecule has 3 N–H and O–H groups in total. The SMILES string of the molecule is CCOC(=O)C(Cc1ccc(Cl)cc1)NC(=O)c1ccccc1N. The van der Waals surface area contributed by atoms with Gasteiger partial charge in [-0.2, -0.15) is 0 Å². The lowest BCUT2D eigenvalue weighted by atomic mass is 10.0. The fourth-order valence-electron chi connectivity index (χ4n) is 2.23. The maximum absolute atomic E-state index is 12.4. The molecule has 5 nitrogen and oxygen atoms in total. The van der Waals surface area contributed by atoms with Crippen LogP contribution in [0.15, 0.2) is 48.5 Å². The quantitative estimate of drug-likeness (QED) is 0.622. The number of halogens is 1. The Morgan fingerprint density at radius 2 is 1.83 bits per heavy atom. The van der Waals surface area contributed by atoms with Crippen molar-refractivity contribution < 1.29 is 14.3 Å². The van der Waals surface area contributed by atoms with Crippen LogP contribution in [0.1, 0.15) is 22.8 Å². The van der Waals surface area contributed by atoms with Crippen molar-refractivity contribution in [2.24, 2.45) is 0 Å². The molecule has 24 heavy (non-hydrogen) atoms. The van der Waals surface area contributed by atoms with E-state index in [1.165, 1.54) is 0 Å². The zero-order chi connectivity index (χ0) is 17.5. The van der Waals surface area contributed by atoms with Crippen LogP contribution in [0.2, 0.25) is 5.02 Å². The summed E-state index contributed by atoms with van der Waals surface area (Å²) in [7, 11) is 0. The zero-order valence-electron chi connectivity index (χ0n) is 13.3. The van der Waals surface area contributed by atoms with Crippen molar-refractivity contribution in [1.29, 1.82) is 0 Å². The number of ether oxygens (including phenoxy) is 1. The molecule has 2 rings (SSSR count). The monoisotopic (exact) mass is 346 g/mol. The molecular weight excluding hydrogens is 328 g/mol. The topological polar surface area (TPSA) is 81.4 Å². The first-order valence-corrected chi connectivity index (χ1v) is 7.95. The molecule has 0 aliphatic carbocycles. The highest BCUT2D eigenvalue weighted by molar-refractivity contribution is 6.30. The number of rotatable bonds is 6. The molecule has 1 amide bonds. The second-order valence-corrected chi connectivity index (χ2v) is 5.63. The van der Waals surface area contributed by atoms with Crippen LogP contribution in [0, 0.1) is 0 Å². The van der Waals surface area contributed by atoms with Crippen LogP contribution in [0.5, 0.6) is 0 Å². The standard InChI is InChI=1S/C18H19ClN2O3/c1-2-24-18(23)16(11-12-7-9-13(19)10-8-12)21-17(22)14-5-3-4-6-15(14)20/h3-10,16H,2,11,20H2,1H3,(H,21,22). The van der Waals surface area contributed by atoms with E-state index in [-0.39, 0.29) is 6.61 Å². The molecule has 1 atom stereocenters. The first-order valence-electron chi connectivity index (χ1n) is 7.57. The number of para-hydroxylation sites is 1. The summed E-state index contributed by atoms with van der Waals surface area (Å²) in [5.74, 6) is -0.907. The minimum atomic E-state index is -0.807. The van der Waals surface area contributed by atoms with Crippen LogP contribution in [0.4, 0.5) is 5.69 Å². The van der Waals surface area contributed by atoms with E-state index in [1.54, 1.807) is 55.5 Å². The number of anilines is 1. The maximum atomic E-state index is 12.4. The summed E-state index contributed by atoms with van der Waals surface area (Å²) >= 11 is 5.87. The lowest BCUT2D eigenvalue weighted by molar-refractivity contribution is -0.145. The van der Waals surface area contributed by atoms with Crippen molar-refractivity contribution in [3.8, 4) is 0 Å². The van der Waals surface area contributed by atoms with Crippen LogP contribution >= 0.6 is 11.6 Å². The highest BCUT2D eigenvalue weighted by Gasteiger charge is 2.23. The lowest BCUT2D eigenvalue weighted by Crippen LogP contribution is -2.43. The molecule has 1 unspecified atom stereocenters. The molecule has 0 aromatic heterocycles. The van der Waals surface area contributed by atoms with Gasteiger partial charge in [-0.15, -0.1) is 0 Å². The molecule has 0 bridgehead atoms. The van der Waals surface area contributed by atoms with Crippen molar-refractivity contribution in [1.82, 2.24) is 5.32 Å². The van der Waals surface area contributed by atoms with E-state index < -0.39 is 17.9 Å². The van der Waals surface area contributed by atoms with E-state index in [9.17, 15) is 9.59 Å². The van der Waals surface area contributed by atoms with Gasteiger partial charge in [0, 0.05) is 17.1 Å². The van der Waals surface area contributed by atoms with Gasteiger partial charge in [0.05, 0.1) is 12.2 Å². The van der Waals surface area contributed by atoms with Crippen LogP contribution < -0.4 is 11.1 Å². The zero-order valence-corrected chi connectivity index (χ0v) is 14.0. The minimum Gasteiger partial charge on any atom is -0.464 e. The van der Waals surface area contributed by atoms with Crippen LogP contribution in [-0.4, -0.2) is 24.5 Å². The third-order valence-electron chi connectivity index (χ3n) is 3.43. The molecule has 0 saturated heterocycles. The number of hydrogen-bond donors (Lipinski definition) is 2. The van der Waals surface area contributed by atoms with Gasteiger partial charge < -0.3 is 15.8 Å². The summed E-state index contributed by atoms with van der Waals surface area (Å²) in [6.45, 7) is 1.95. The van der Waals surface area contributed by atoms with Crippen molar-refractivity contribution in [2.75, 3.05) is 12.3 Å².